The lowest BCUT2D eigenvalue weighted by Crippen LogP contribution is -2.15. The van der Waals surface area contributed by atoms with E-state index in [-0.39, 0.29) is 22.8 Å². The fourth-order valence-corrected chi connectivity index (χ4v) is 4.19. The number of rotatable bonds is 4. The standard InChI is InChI=1S/C22H15ClF2N6O2/c1-9-2-3-14(33-9)18-20(25)19(23)17(11-5-27-30-21(11)18)13-7-31-8-15(28-16(31)6-26-13)29-22(32)10-4-12(10)24/h2-3,5-8,10,12H,4H2,1H3,(H,27,30)(H,29,32). The smallest absolute Gasteiger partial charge is 0.231 e. The van der Waals surface area contributed by atoms with Crippen molar-refractivity contribution in [2.75, 3.05) is 5.32 Å². The Bertz CT molecular complexity index is 1570. The SMILES string of the molecule is Cc1ccc(-c2c(F)c(Cl)c(-c3cn4cc(NC(=O)C5CC5F)nc4cn3)c3c[nH]nc23)o1. The summed E-state index contributed by atoms with van der Waals surface area (Å²) in [5, 5.41) is 10.0. The van der Waals surface area contributed by atoms with Crippen molar-refractivity contribution in [1.29, 1.82) is 0 Å². The third kappa shape index (κ3) is 3.17. The molecule has 1 aliphatic carbocycles. The van der Waals surface area contributed by atoms with E-state index < -0.39 is 23.8 Å². The van der Waals surface area contributed by atoms with E-state index in [1.807, 2.05) is 0 Å². The third-order valence-electron chi connectivity index (χ3n) is 5.66. The first kappa shape index (κ1) is 19.9. The van der Waals surface area contributed by atoms with Gasteiger partial charge in [-0.3, -0.25) is 14.9 Å². The zero-order valence-corrected chi connectivity index (χ0v) is 17.8. The number of alkyl halides is 1. The second kappa shape index (κ2) is 7.11. The lowest BCUT2D eigenvalue weighted by atomic mass is 10.0. The fourth-order valence-electron chi connectivity index (χ4n) is 3.90. The number of carbonyl (C=O) groups excluding carboxylic acids is 1. The molecule has 33 heavy (non-hydrogen) atoms. The number of aromatic nitrogens is 5. The average Bonchev–Trinajstić information content (AvgIpc) is 3.16. The van der Waals surface area contributed by atoms with Gasteiger partial charge in [-0.2, -0.15) is 5.10 Å². The van der Waals surface area contributed by atoms with Crippen LogP contribution in [0.2, 0.25) is 5.02 Å². The molecule has 11 heteroatoms. The van der Waals surface area contributed by atoms with Crippen molar-refractivity contribution >= 4 is 39.9 Å². The molecule has 1 aromatic carbocycles. The Morgan fingerprint density at radius 2 is 2.15 bits per heavy atom. The molecule has 4 aromatic heterocycles. The highest BCUT2D eigenvalue weighted by Gasteiger charge is 2.43. The van der Waals surface area contributed by atoms with Gasteiger partial charge in [-0.1, -0.05) is 11.6 Å². The van der Waals surface area contributed by atoms with Crippen LogP contribution < -0.4 is 5.32 Å². The van der Waals surface area contributed by atoms with Crippen molar-refractivity contribution in [2.24, 2.45) is 5.92 Å². The summed E-state index contributed by atoms with van der Waals surface area (Å²) in [4.78, 5) is 20.7. The van der Waals surface area contributed by atoms with E-state index in [1.54, 1.807) is 42.0 Å². The molecule has 8 nitrogen and oxygen atoms in total. The molecule has 2 unspecified atom stereocenters. The molecular formula is C22H15ClF2N6O2. The summed E-state index contributed by atoms with van der Waals surface area (Å²) in [5.74, 6) is -0.491. The number of imidazole rings is 1. The van der Waals surface area contributed by atoms with Crippen LogP contribution in [0.3, 0.4) is 0 Å². The number of nitrogens with one attached hydrogen (secondary N) is 2. The zero-order chi connectivity index (χ0) is 22.9. The van der Waals surface area contributed by atoms with Crippen molar-refractivity contribution in [3.05, 3.63) is 53.5 Å². The molecule has 2 N–H and O–H groups in total. The van der Waals surface area contributed by atoms with E-state index in [4.69, 9.17) is 16.0 Å². The second-order valence-electron chi connectivity index (χ2n) is 7.95. The average molecular weight is 469 g/mol. The maximum absolute atomic E-state index is 15.5. The van der Waals surface area contributed by atoms with Crippen LogP contribution in [0.25, 0.3) is 39.1 Å². The van der Waals surface area contributed by atoms with Crippen molar-refractivity contribution in [3.8, 4) is 22.6 Å². The van der Waals surface area contributed by atoms with E-state index >= 15 is 4.39 Å². The van der Waals surface area contributed by atoms with E-state index in [2.05, 4.69) is 25.5 Å². The number of anilines is 1. The molecule has 5 aromatic rings. The number of H-pyrrole nitrogens is 1. The molecule has 0 saturated heterocycles. The lowest BCUT2D eigenvalue weighted by molar-refractivity contribution is -0.117. The van der Waals surface area contributed by atoms with Gasteiger partial charge in [-0.25, -0.2) is 13.8 Å². The minimum Gasteiger partial charge on any atom is -0.461 e. The molecular weight excluding hydrogens is 454 g/mol. The predicted molar refractivity (Wildman–Crippen MR) is 117 cm³/mol. The molecule has 0 aliphatic heterocycles. The first-order valence-corrected chi connectivity index (χ1v) is 10.5. The summed E-state index contributed by atoms with van der Waals surface area (Å²) in [6.45, 7) is 1.76. The van der Waals surface area contributed by atoms with Gasteiger partial charge in [0.15, 0.2) is 17.3 Å². The Balaban J connectivity index is 1.45. The van der Waals surface area contributed by atoms with Crippen LogP contribution >= 0.6 is 11.6 Å². The largest absolute Gasteiger partial charge is 0.461 e. The van der Waals surface area contributed by atoms with Crippen LogP contribution in [0.1, 0.15) is 12.2 Å². The number of amides is 1. The van der Waals surface area contributed by atoms with Gasteiger partial charge in [-0.15, -0.1) is 0 Å². The van der Waals surface area contributed by atoms with Gasteiger partial charge in [0.2, 0.25) is 5.91 Å². The first-order chi connectivity index (χ1) is 15.9. The van der Waals surface area contributed by atoms with Crippen LogP contribution in [0.5, 0.6) is 0 Å². The Hall–Kier alpha value is -3.79. The topological polar surface area (TPSA) is 101 Å². The molecule has 6 rings (SSSR count). The van der Waals surface area contributed by atoms with Gasteiger partial charge < -0.3 is 14.1 Å². The number of aromatic amines is 1. The van der Waals surface area contributed by atoms with Crippen LogP contribution in [-0.2, 0) is 4.79 Å². The molecule has 0 spiro atoms. The lowest BCUT2D eigenvalue weighted by Gasteiger charge is -2.10. The highest BCUT2D eigenvalue weighted by Crippen LogP contribution is 2.42. The Labute approximate surface area is 189 Å². The first-order valence-electron chi connectivity index (χ1n) is 10.1. The van der Waals surface area contributed by atoms with Crippen LogP contribution in [0.4, 0.5) is 14.6 Å². The van der Waals surface area contributed by atoms with E-state index in [0.29, 0.717) is 39.3 Å². The molecule has 0 radical (unpaired) electrons. The van der Waals surface area contributed by atoms with E-state index in [0.717, 1.165) is 0 Å². The van der Waals surface area contributed by atoms with Gasteiger partial charge in [0.05, 0.1) is 34.6 Å². The van der Waals surface area contributed by atoms with Gasteiger partial charge in [0, 0.05) is 23.3 Å². The number of hydrogen-bond acceptors (Lipinski definition) is 5. The number of hydrogen-bond donors (Lipinski definition) is 2. The molecule has 1 saturated carbocycles. The Kier molecular flexibility index (Phi) is 4.28. The summed E-state index contributed by atoms with van der Waals surface area (Å²) < 4.78 is 35.8. The maximum Gasteiger partial charge on any atom is 0.231 e. The third-order valence-corrected chi connectivity index (χ3v) is 6.02. The fraction of sp³-hybridized carbons (Fsp3) is 0.182. The summed E-state index contributed by atoms with van der Waals surface area (Å²) in [5.41, 5.74) is 1.69. The number of aryl methyl sites for hydroxylation is 1. The number of fused-ring (bicyclic) bond motifs is 2. The summed E-state index contributed by atoms with van der Waals surface area (Å²) in [6, 6.07) is 3.40. The van der Waals surface area contributed by atoms with Gasteiger partial charge in [-0.05, 0) is 25.5 Å². The molecule has 4 heterocycles. The predicted octanol–water partition coefficient (Wildman–Crippen LogP) is 4.93. The minimum absolute atomic E-state index is 0.129. The highest BCUT2D eigenvalue weighted by atomic mass is 35.5. The molecule has 0 bridgehead atoms. The summed E-state index contributed by atoms with van der Waals surface area (Å²) in [6.07, 6.45) is 5.41. The minimum atomic E-state index is -1.10. The normalized spacial score (nSPS) is 17.7. The van der Waals surface area contributed by atoms with Crippen LogP contribution in [-0.4, -0.2) is 36.6 Å². The monoisotopic (exact) mass is 468 g/mol. The summed E-state index contributed by atoms with van der Waals surface area (Å²) in [7, 11) is 0. The maximum atomic E-state index is 15.5. The van der Waals surface area contributed by atoms with Crippen LogP contribution in [0.15, 0.2) is 41.3 Å². The van der Waals surface area contributed by atoms with E-state index in [9.17, 15) is 9.18 Å². The van der Waals surface area contributed by atoms with Crippen molar-refractivity contribution in [2.45, 2.75) is 19.5 Å². The molecule has 166 valence electrons. The van der Waals surface area contributed by atoms with Crippen molar-refractivity contribution in [1.82, 2.24) is 24.6 Å². The Morgan fingerprint density at radius 3 is 2.88 bits per heavy atom. The number of halogens is 3. The zero-order valence-electron chi connectivity index (χ0n) is 17.1. The quantitative estimate of drug-likeness (QED) is 0.389. The molecule has 1 amide bonds. The van der Waals surface area contributed by atoms with E-state index in [1.165, 1.54) is 6.20 Å². The molecule has 1 fully saturated rings. The van der Waals surface area contributed by atoms with Crippen molar-refractivity contribution < 1.29 is 18.0 Å². The number of nitrogens with zero attached hydrogens (tertiary/aromatic N) is 4. The van der Waals surface area contributed by atoms with Crippen molar-refractivity contribution in [3.63, 3.8) is 0 Å². The van der Waals surface area contributed by atoms with Gasteiger partial charge in [0.25, 0.3) is 0 Å². The Morgan fingerprint density at radius 1 is 1.33 bits per heavy atom. The number of furan rings is 1. The summed E-state index contributed by atoms with van der Waals surface area (Å²) >= 11 is 6.49. The molecule has 2 atom stereocenters. The van der Waals surface area contributed by atoms with Gasteiger partial charge >= 0.3 is 0 Å². The van der Waals surface area contributed by atoms with Crippen LogP contribution in [0, 0.1) is 18.7 Å². The highest BCUT2D eigenvalue weighted by molar-refractivity contribution is 6.35. The number of benzene rings is 1. The number of carbonyl (C=O) groups is 1. The van der Waals surface area contributed by atoms with Gasteiger partial charge in [0.1, 0.15) is 23.2 Å². The second-order valence-corrected chi connectivity index (χ2v) is 8.33. The molecule has 1 aliphatic rings.